The van der Waals surface area contributed by atoms with Crippen molar-refractivity contribution in [1.82, 2.24) is 0 Å². The fourth-order valence-corrected chi connectivity index (χ4v) is 2.89. The van der Waals surface area contributed by atoms with Crippen molar-refractivity contribution in [2.24, 2.45) is 11.8 Å². The Hall–Kier alpha value is 0.160. The average Bonchev–Trinajstić information content (AvgIpc) is 2.33. The maximum absolute atomic E-state index is 10.8. The Morgan fingerprint density at radius 3 is 2.61 bits per heavy atom. The molecule has 0 aromatic carbocycles. The van der Waals surface area contributed by atoms with Crippen molar-refractivity contribution < 1.29 is 17.9 Å². The highest BCUT2D eigenvalue weighted by Gasteiger charge is 2.14. The lowest BCUT2D eigenvalue weighted by Crippen LogP contribution is -2.20. The molecule has 18 heavy (non-hydrogen) atoms. The van der Waals surface area contributed by atoms with Crippen LogP contribution in [0.2, 0.25) is 0 Å². The number of ether oxygens (including phenoxy) is 2. The van der Waals surface area contributed by atoms with Gasteiger partial charge in [-0.15, -0.1) is 0 Å². The maximum atomic E-state index is 10.8. The van der Waals surface area contributed by atoms with Gasteiger partial charge in [-0.2, -0.15) is 0 Å². The minimum absolute atomic E-state index is 0.0513. The lowest BCUT2D eigenvalue weighted by atomic mass is 10.0. The van der Waals surface area contributed by atoms with Gasteiger partial charge in [-0.05, 0) is 37.5 Å². The van der Waals surface area contributed by atoms with Crippen molar-refractivity contribution in [2.75, 3.05) is 32.2 Å². The van der Waals surface area contributed by atoms with Gasteiger partial charge in [-0.3, -0.25) is 0 Å². The first-order valence-electron chi connectivity index (χ1n) is 6.55. The molecule has 0 N–H and O–H groups in total. The molecule has 1 unspecified atom stereocenters. The average molecular weight is 299 g/mol. The van der Waals surface area contributed by atoms with Crippen LogP contribution in [-0.4, -0.2) is 40.6 Å². The second-order valence-corrected chi connectivity index (χ2v) is 7.95. The highest BCUT2D eigenvalue weighted by Crippen LogP contribution is 2.16. The van der Waals surface area contributed by atoms with E-state index in [9.17, 15) is 8.42 Å². The van der Waals surface area contributed by atoms with Crippen LogP contribution in [0.25, 0.3) is 0 Å². The Bertz CT molecular complexity index is 312. The van der Waals surface area contributed by atoms with Gasteiger partial charge in [0.25, 0.3) is 0 Å². The van der Waals surface area contributed by atoms with Crippen molar-refractivity contribution in [3.8, 4) is 0 Å². The third kappa shape index (κ3) is 8.29. The molecule has 1 rings (SSSR count). The van der Waals surface area contributed by atoms with Crippen molar-refractivity contribution in [2.45, 2.75) is 32.6 Å². The SMILES string of the molecule is CC(CCOCC1CCOCC1)CCS(=O)(=O)Cl. The summed E-state index contributed by atoms with van der Waals surface area (Å²) in [4.78, 5) is 0. The molecule has 6 heteroatoms. The van der Waals surface area contributed by atoms with Gasteiger partial charge in [0.2, 0.25) is 9.05 Å². The lowest BCUT2D eigenvalue weighted by Gasteiger charge is -2.22. The Morgan fingerprint density at radius 1 is 1.33 bits per heavy atom. The Labute approximate surface area is 114 Å². The first-order valence-corrected chi connectivity index (χ1v) is 9.03. The van der Waals surface area contributed by atoms with Gasteiger partial charge in [0.15, 0.2) is 0 Å². The zero-order chi connectivity index (χ0) is 13.4. The molecule has 0 bridgehead atoms. The molecule has 1 saturated heterocycles. The summed E-state index contributed by atoms with van der Waals surface area (Å²) in [6.45, 7) is 5.21. The van der Waals surface area contributed by atoms with Crippen LogP contribution in [0, 0.1) is 11.8 Å². The molecule has 1 aliphatic heterocycles. The second kappa shape index (κ2) is 8.35. The molecule has 108 valence electrons. The van der Waals surface area contributed by atoms with E-state index in [4.69, 9.17) is 20.2 Å². The Morgan fingerprint density at radius 2 is 2.00 bits per heavy atom. The molecule has 1 fully saturated rings. The van der Waals surface area contributed by atoms with Gasteiger partial charge < -0.3 is 9.47 Å². The molecular formula is C12H23ClO4S. The molecule has 0 saturated carbocycles. The van der Waals surface area contributed by atoms with E-state index in [-0.39, 0.29) is 5.75 Å². The quantitative estimate of drug-likeness (QED) is 0.510. The van der Waals surface area contributed by atoms with Crippen LogP contribution in [0.15, 0.2) is 0 Å². The van der Waals surface area contributed by atoms with E-state index in [2.05, 4.69) is 0 Å². The van der Waals surface area contributed by atoms with Crippen LogP contribution in [0.5, 0.6) is 0 Å². The largest absolute Gasteiger partial charge is 0.381 e. The van der Waals surface area contributed by atoms with Crippen molar-refractivity contribution in [3.05, 3.63) is 0 Å². The summed E-state index contributed by atoms with van der Waals surface area (Å²) >= 11 is 0. The summed E-state index contributed by atoms with van der Waals surface area (Å²) in [7, 11) is 1.82. The van der Waals surface area contributed by atoms with Gasteiger partial charge in [-0.1, -0.05) is 6.92 Å². The molecule has 0 aromatic rings. The van der Waals surface area contributed by atoms with Gasteiger partial charge in [-0.25, -0.2) is 8.42 Å². The zero-order valence-corrected chi connectivity index (χ0v) is 12.5. The second-order valence-electron chi connectivity index (χ2n) is 5.06. The number of hydrogen-bond acceptors (Lipinski definition) is 4. The molecule has 0 aliphatic carbocycles. The first-order chi connectivity index (χ1) is 8.47. The van der Waals surface area contributed by atoms with Crippen LogP contribution >= 0.6 is 10.7 Å². The molecule has 4 nitrogen and oxygen atoms in total. The predicted molar refractivity (Wildman–Crippen MR) is 72.4 cm³/mol. The van der Waals surface area contributed by atoms with E-state index in [1.165, 1.54) is 0 Å². The first kappa shape index (κ1) is 16.2. The summed E-state index contributed by atoms with van der Waals surface area (Å²) in [5.74, 6) is 1.00. The summed E-state index contributed by atoms with van der Waals surface area (Å²) in [6, 6.07) is 0. The number of hydrogen-bond donors (Lipinski definition) is 0. The van der Waals surface area contributed by atoms with Crippen LogP contribution in [-0.2, 0) is 18.5 Å². The summed E-state index contributed by atoms with van der Waals surface area (Å²) in [5, 5.41) is 0. The third-order valence-electron chi connectivity index (χ3n) is 3.30. The molecule has 1 atom stereocenters. The van der Waals surface area contributed by atoms with Crippen LogP contribution < -0.4 is 0 Å². The molecule has 0 amide bonds. The van der Waals surface area contributed by atoms with Crippen molar-refractivity contribution in [1.29, 1.82) is 0 Å². The standard InChI is InChI=1S/C12H23ClO4S/c1-11(5-9-18(13,14)15)2-6-17-10-12-3-7-16-8-4-12/h11-12H,2-10H2,1H3. The minimum Gasteiger partial charge on any atom is -0.381 e. The Kier molecular flexibility index (Phi) is 7.53. The number of halogens is 1. The van der Waals surface area contributed by atoms with Gasteiger partial charge in [0, 0.05) is 37.1 Å². The fraction of sp³-hybridized carbons (Fsp3) is 1.00. The van der Waals surface area contributed by atoms with Gasteiger partial charge in [0.05, 0.1) is 5.75 Å². The summed E-state index contributed by atoms with van der Waals surface area (Å²) < 4.78 is 32.5. The van der Waals surface area contributed by atoms with Gasteiger partial charge >= 0.3 is 0 Å². The van der Waals surface area contributed by atoms with Gasteiger partial charge in [0.1, 0.15) is 0 Å². The topological polar surface area (TPSA) is 52.6 Å². The normalized spacial score (nSPS) is 19.9. The summed E-state index contributed by atoms with van der Waals surface area (Å²) in [5.41, 5.74) is 0. The smallest absolute Gasteiger partial charge is 0.232 e. The highest BCUT2D eigenvalue weighted by atomic mass is 35.7. The molecule has 1 aliphatic rings. The number of rotatable bonds is 8. The van der Waals surface area contributed by atoms with E-state index in [1.54, 1.807) is 0 Å². The minimum atomic E-state index is -3.35. The summed E-state index contributed by atoms with van der Waals surface area (Å²) in [6.07, 6.45) is 3.65. The molecule has 1 heterocycles. The Balaban J connectivity index is 1.99. The zero-order valence-electron chi connectivity index (χ0n) is 10.9. The van der Waals surface area contributed by atoms with E-state index < -0.39 is 9.05 Å². The predicted octanol–water partition coefficient (Wildman–Crippen LogP) is 2.41. The molecule has 0 spiro atoms. The lowest BCUT2D eigenvalue weighted by molar-refractivity contribution is 0.0180. The van der Waals surface area contributed by atoms with Crippen LogP contribution in [0.3, 0.4) is 0 Å². The monoisotopic (exact) mass is 298 g/mol. The third-order valence-corrected chi connectivity index (χ3v) is 4.49. The van der Waals surface area contributed by atoms with Crippen molar-refractivity contribution >= 4 is 19.7 Å². The molecule has 0 aromatic heterocycles. The van der Waals surface area contributed by atoms with Crippen LogP contribution in [0.4, 0.5) is 0 Å². The van der Waals surface area contributed by atoms with Crippen molar-refractivity contribution in [3.63, 3.8) is 0 Å². The van der Waals surface area contributed by atoms with E-state index in [0.29, 0.717) is 24.9 Å². The molecular weight excluding hydrogens is 276 g/mol. The van der Waals surface area contributed by atoms with E-state index in [0.717, 1.165) is 39.1 Å². The maximum Gasteiger partial charge on any atom is 0.232 e. The van der Waals surface area contributed by atoms with E-state index >= 15 is 0 Å². The molecule has 0 radical (unpaired) electrons. The highest BCUT2D eigenvalue weighted by molar-refractivity contribution is 8.13. The van der Waals surface area contributed by atoms with Crippen LogP contribution in [0.1, 0.15) is 32.6 Å². The fourth-order valence-electron chi connectivity index (χ4n) is 1.93. The van der Waals surface area contributed by atoms with E-state index in [1.807, 2.05) is 6.92 Å².